The van der Waals surface area contributed by atoms with Crippen LogP contribution in [0.2, 0.25) is 0 Å². The van der Waals surface area contributed by atoms with E-state index in [2.05, 4.69) is 5.32 Å². The molecular weight excluding hydrogens is 266 g/mol. The smallest absolute Gasteiger partial charge is 0.324 e. The fraction of sp³-hybridized carbons (Fsp3) is 0.909. The van der Waals surface area contributed by atoms with Crippen LogP contribution in [-0.4, -0.2) is 61.4 Å². The maximum Gasteiger partial charge on any atom is 0.324 e. The summed E-state index contributed by atoms with van der Waals surface area (Å²) in [6, 6.07) is 0. The van der Waals surface area contributed by atoms with Gasteiger partial charge in [-0.1, -0.05) is 0 Å². The van der Waals surface area contributed by atoms with E-state index in [1.165, 1.54) is 0 Å². The molecule has 0 unspecified atom stereocenters. The minimum Gasteiger partial charge on any atom is -0.348 e. The number of halogens is 4. The van der Waals surface area contributed by atoms with Crippen LogP contribution < -0.4 is 10.6 Å². The zero-order chi connectivity index (χ0) is 14.7. The van der Waals surface area contributed by atoms with E-state index >= 15 is 0 Å². The highest BCUT2D eigenvalue weighted by molar-refractivity contribution is 5.85. The van der Waals surface area contributed by atoms with Crippen molar-refractivity contribution >= 4 is 5.91 Å². The molecule has 0 saturated carbocycles. The molecule has 19 heavy (non-hydrogen) atoms. The van der Waals surface area contributed by atoms with Gasteiger partial charge in [0.25, 0.3) is 0 Å². The molecule has 0 aromatic rings. The van der Waals surface area contributed by atoms with E-state index in [9.17, 15) is 22.4 Å². The average molecular weight is 285 g/mol. The summed E-state index contributed by atoms with van der Waals surface area (Å²) in [4.78, 5) is 13.7. The molecule has 4 nitrogen and oxygen atoms in total. The molecule has 1 saturated heterocycles. The van der Waals surface area contributed by atoms with Crippen LogP contribution >= 0.6 is 0 Å². The molecule has 1 aliphatic rings. The number of rotatable bonds is 5. The Balaban J connectivity index is 2.56. The van der Waals surface area contributed by atoms with Gasteiger partial charge < -0.3 is 10.6 Å². The number of carbonyl (C=O) groups is 1. The van der Waals surface area contributed by atoms with Gasteiger partial charge in [-0.15, -0.1) is 0 Å². The highest BCUT2D eigenvalue weighted by Crippen LogP contribution is 2.22. The highest BCUT2D eigenvalue weighted by atomic mass is 19.3. The lowest BCUT2D eigenvalue weighted by atomic mass is 10.0. The van der Waals surface area contributed by atoms with Gasteiger partial charge in [0, 0.05) is 26.2 Å². The number of alkyl halides is 4. The molecule has 2 N–H and O–H groups in total. The molecule has 1 heterocycles. The van der Waals surface area contributed by atoms with Crippen LogP contribution in [-0.2, 0) is 4.79 Å². The average Bonchev–Trinajstić information content (AvgIpc) is 2.36. The molecule has 0 spiro atoms. The van der Waals surface area contributed by atoms with Crippen LogP contribution in [0.25, 0.3) is 0 Å². The zero-order valence-corrected chi connectivity index (χ0v) is 11.0. The Bertz CT molecular complexity index is 317. The summed E-state index contributed by atoms with van der Waals surface area (Å²) in [7, 11) is 0. The number of nitrogens with zero attached hydrogens (tertiary/aromatic N) is 1. The van der Waals surface area contributed by atoms with E-state index in [1.807, 2.05) is 10.2 Å². The molecule has 1 amide bonds. The van der Waals surface area contributed by atoms with E-state index in [-0.39, 0.29) is 0 Å². The Labute approximate surface area is 109 Å². The molecule has 1 fully saturated rings. The number of carbonyl (C=O) groups excluding carboxylic acids is 1. The minimum atomic E-state index is -4.20. The summed E-state index contributed by atoms with van der Waals surface area (Å²) < 4.78 is 49.5. The first-order valence-corrected chi connectivity index (χ1v) is 6.08. The van der Waals surface area contributed by atoms with Crippen LogP contribution in [0.1, 0.15) is 13.8 Å². The monoisotopic (exact) mass is 285 g/mol. The number of hydrogen-bond acceptors (Lipinski definition) is 3. The van der Waals surface area contributed by atoms with Crippen LogP contribution in [0.5, 0.6) is 0 Å². The first-order chi connectivity index (χ1) is 8.68. The van der Waals surface area contributed by atoms with Crippen molar-refractivity contribution in [1.82, 2.24) is 15.5 Å². The standard InChI is InChI=1S/C11H19F4N3O/c1-10(2,18-5-3-16-4-6-18)9(19)17-7-11(14,15)8(12)13/h8,16H,3-7H2,1-2H3,(H,17,19). The van der Waals surface area contributed by atoms with Gasteiger partial charge in [-0.25, -0.2) is 8.78 Å². The largest absolute Gasteiger partial charge is 0.348 e. The summed E-state index contributed by atoms with van der Waals surface area (Å²) in [6.45, 7) is 4.44. The summed E-state index contributed by atoms with van der Waals surface area (Å²) in [5, 5.41) is 5.02. The molecule has 112 valence electrons. The van der Waals surface area contributed by atoms with Crippen molar-refractivity contribution in [2.24, 2.45) is 0 Å². The van der Waals surface area contributed by atoms with Gasteiger partial charge in [-0.2, -0.15) is 8.78 Å². The molecule has 0 bridgehead atoms. The maximum absolute atomic E-state index is 12.7. The predicted octanol–water partition coefficient (Wildman–Crippen LogP) is 0.687. The second-order valence-electron chi connectivity index (χ2n) is 5.04. The zero-order valence-electron chi connectivity index (χ0n) is 11.0. The van der Waals surface area contributed by atoms with Crippen molar-refractivity contribution in [2.45, 2.75) is 31.7 Å². The lowest BCUT2D eigenvalue weighted by molar-refractivity contribution is -0.143. The molecule has 0 atom stereocenters. The quantitative estimate of drug-likeness (QED) is 0.730. The van der Waals surface area contributed by atoms with Crippen molar-refractivity contribution in [3.8, 4) is 0 Å². The van der Waals surface area contributed by atoms with Crippen molar-refractivity contribution in [1.29, 1.82) is 0 Å². The third kappa shape index (κ3) is 4.04. The molecular formula is C11H19F4N3O. The van der Waals surface area contributed by atoms with E-state index < -0.39 is 30.3 Å². The van der Waals surface area contributed by atoms with Gasteiger partial charge >= 0.3 is 12.3 Å². The molecule has 1 aliphatic heterocycles. The Hall–Kier alpha value is -0.890. The maximum atomic E-state index is 12.7. The van der Waals surface area contributed by atoms with Gasteiger partial charge in [-0.05, 0) is 13.8 Å². The van der Waals surface area contributed by atoms with Crippen LogP contribution in [0.15, 0.2) is 0 Å². The van der Waals surface area contributed by atoms with Crippen LogP contribution in [0, 0.1) is 0 Å². The number of hydrogen-bond donors (Lipinski definition) is 2. The van der Waals surface area contributed by atoms with Crippen molar-refractivity contribution in [2.75, 3.05) is 32.7 Å². The fourth-order valence-corrected chi connectivity index (χ4v) is 1.86. The Kier molecular flexibility index (Phi) is 5.14. The minimum absolute atomic E-state index is 0.603. The topological polar surface area (TPSA) is 44.4 Å². The van der Waals surface area contributed by atoms with Crippen molar-refractivity contribution in [3.05, 3.63) is 0 Å². The first kappa shape index (κ1) is 16.2. The van der Waals surface area contributed by atoms with Crippen LogP contribution in [0.3, 0.4) is 0 Å². The normalized spacial score (nSPS) is 18.7. The number of nitrogens with one attached hydrogen (secondary N) is 2. The second kappa shape index (κ2) is 6.04. The highest BCUT2D eigenvalue weighted by Gasteiger charge is 2.43. The first-order valence-electron chi connectivity index (χ1n) is 6.08. The molecule has 0 radical (unpaired) electrons. The van der Waals surface area contributed by atoms with Gasteiger partial charge in [-0.3, -0.25) is 9.69 Å². The Morgan fingerprint density at radius 1 is 1.32 bits per heavy atom. The molecule has 0 aromatic heterocycles. The number of amides is 1. The lowest BCUT2D eigenvalue weighted by Gasteiger charge is -2.40. The predicted molar refractivity (Wildman–Crippen MR) is 62.5 cm³/mol. The lowest BCUT2D eigenvalue weighted by Crippen LogP contribution is -2.61. The van der Waals surface area contributed by atoms with E-state index in [0.29, 0.717) is 26.2 Å². The van der Waals surface area contributed by atoms with Crippen molar-refractivity contribution < 1.29 is 22.4 Å². The third-order valence-electron chi connectivity index (χ3n) is 3.27. The van der Waals surface area contributed by atoms with Gasteiger partial charge in [0.2, 0.25) is 5.91 Å². The van der Waals surface area contributed by atoms with Gasteiger partial charge in [0.15, 0.2) is 0 Å². The second-order valence-corrected chi connectivity index (χ2v) is 5.04. The van der Waals surface area contributed by atoms with Crippen LogP contribution in [0.4, 0.5) is 17.6 Å². The summed E-state index contributed by atoms with van der Waals surface area (Å²) in [5.74, 6) is -4.87. The van der Waals surface area contributed by atoms with E-state index in [0.717, 1.165) is 0 Å². The molecule has 8 heteroatoms. The molecule has 0 aliphatic carbocycles. The molecule has 1 rings (SSSR count). The Morgan fingerprint density at radius 2 is 1.84 bits per heavy atom. The summed E-state index contributed by atoms with van der Waals surface area (Å²) >= 11 is 0. The summed E-state index contributed by atoms with van der Waals surface area (Å²) in [6.07, 6.45) is -3.78. The summed E-state index contributed by atoms with van der Waals surface area (Å²) in [5.41, 5.74) is -1.000. The number of piperazine rings is 1. The molecule has 0 aromatic carbocycles. The van der Waals surface area contributed by atoms with Gasteiger partial charge in [0.05, 0.1) is 12.1 Å². The van der Waals surface area contributed by atoms with E-state index in [4.69, 9.17) is 0 Å². The Morgan fingerprint density at radius 3 is 2.32 bits per heavy atom. The van der Waals surface area contributed by atoms with Crippen molar-refractivity contribution in [3.63, 3.8) is 0 Å². The third-order valence-corrected chi connectivity index (χ3v) is 3.27. The SMILES string of the molecule is CC(C)(C(=O)NCC(F)(F)C(F)F)N1CCNCC1. The fourth-order valence-electron chi connectivity index (χ4n) is 1.86. The van der Waals surface area contributed by atoms with E-state index in [1.54, 1.807) is 13.8 Å². The van der Waals surface area contributed by atoms with Gasteiger partial charge in [0.1, 0.15) is 0 Å².